The molecule has 9 rings (SSSR count). The van der Waals surface area contributed by atoms with E-state index in [1.165, 1.54) is 31.2 Å². The molecule has 8 N–H and O–H groups in total. The van der Waals surface area contributed by atoms with E-state index in [1.54, 1.807) is 26.0 Å². The van der Waals surface area contributed by atoms with Crippen LogP contribution in [0.5, 0.6) is 0 Å². The van der Waals surface area contributed by atoms with Crippen molar-refractivity contribution in [2.75, 3.05) is 30.8 Å². The summed E-state index contributed by atoms with van der Waals surface area (Å²) in [5, 5.41) is 19.1. The van der Waals surface area contributed by atoms with E-state index in [2.05, 4.69) is 40.9 Å². The third kappa shape index (κ3) is 12.7. The standard InChI is InChI=1S/C46H54F2N12O16P2S/c1-22(2)34(57-29(61)7-5-4-6-14-58-30(62)12-13-31(58)63)44(67)55-23(3)42(65)56-25-10-8-24(9-11-25)18-79-78(70)72-16-27-36(64)38(46(73-27)59-15-26(47)32-40(59)51-20-53-43(32)66)75-77(68,69)71-17-28-37(76-78)33(48)45(74-28)60-21-54-35-39(49)50-19-52-41(35)60/h8-13,15,19-23,27-28,33-34,36-38,45-46,64H,4-7,14,16-18H2,1-3H3,(H,55,67)(H,56,65)(H,57,61)(H,68,69)(H2,49,50,52)(H,51,53,66)/t23-,27+,28?,33+,34-,36+,37+,38+,45+,46+,78?/m0/s1. The van der Waals surface area contributed by atoms with E-state index in [-0.39, 0.29) is 70.7 Å². The van der Waals surface area contributed by atoms with E-state index in [4.69, 9.17) is 33.3 Å². The number of amides is 5. The molecule has 0 aliphatic carbocycles. The van der Waals surface area contributed by atoms with E-state index in [0.29, 0.717) is 36.2 Å². The van der Waals surface area contributed by atoms with Gasteiger partial charge in [-0.3, -0.25) is 56.3 Å². The first-order chi connectivity index (χ1) is 37.6. The second kappa shape index (κ2) is 23.8. The van der Waals surface area contributed by atoms with Crippen LogP contribution in [0.1, 0.15) is 64.5 Å². The number of phosphoric acid groups is 1. The molecule has 3 unspecified atom stereocenters. The molecule has 4 aliphatic heterocycles. The van der Waals surface area contributed by atoms with Crippen LogP contribution in [-0.4, -0.2) is 147 Å². The number of aliphatic hydroxyl groups is 1. The van der Waals surface area contributed by atoms with Crippen molar-refractivity contribution < 1.29 is 79.5 Å². The Hall–Kier alpha value is -6.37. The monoisotopic (exact) mass is 1160 g/mol. The second-order valence-corrected chi connectivity index (χ2v) is 24.5. The first-order valence-corrected chi connectivity index (χ1v) is 29.3. The predicted molar refractivity (Wildman–Crippen MR) is 273 cm³/mol. The number of unbranched alkanes of at least 4 members (excludes halogenated alkanes) is 2. The number of nitrogens with zero attached hydrogens (tertiary/aromatic N) is 7. The Morgan fingerprint density at radius 2 is 1.61 bits per heavy atom. The highest BCUT2D eigenvalue weighted by atomic mass is 32.7. The van der Waals surface area contributed by atoms with Crippen LogP contribution in [0, 0.1) is 11.7 Å². The van der Waals surface area contributed by atoms with Gasteiger partial charge in [0.2, 0.25) is 17.7 Å². The maximum atomic E-state index is 17.0. The fourth-order valence-electron chi connectivity index (χ4n) is 9.06. The van der Waals surface area contributed by atoms with Gasteiger partial charge in [-0.1, -0.05) is 32.4 Å². The lowest BCUT2D eigenvalue weighted by atomic mass is 10.0. The molecule has 33 heteroatoms. The number of hydrogen-bond acceptors (Lipinski definition) is 21. The fraction of sp³-hybridized carbons (Fsp3) is 0.478. The zero-order chi connectivity index (χ0) is 56.5. The van der Waals surface area contributed by atoms with Crippen LogP contribution in [-0.2, 0) is 66.4 Å². The van der Waals surface area contributed by atoms with Crippen LogP contribution >= 0.6 is 26.0 Å². The largest absolute Gasteiger partial charge is 0.472 e. The molecule has 5 amide bonds. The Kier molecular flexibility index (Phi) is 17.2. The van der Waals surface area contributed by atoms with Crippen molar-refractivity contribution >= 4 is 89.2 Å². The smallest absolute Gasteiger partial charge is 0.387 e. The number of fused-ring (bicyclic) bond motifs is 5. The number of nitrogens with two attached hydrogens (primary N) is 1. The molecular weight excluding hydrogens is 1110 g/mol. The van der Waals surface area contributed by atoms with Crippen LogP contribution in [0.15, 0.2) is 66.4 Å². The lowest BCUT2D eigenvalue weighted by Gasteiger charge is -2.27. The van der Waals surface area contributed by atoms with E-state index in [9.17, 15) is 43.3 Å². The Morgan fingerprint density at radius 1 is 0.886 bits per heavy atom. The molecule has 3 saturated heterocycles. The molecule has 0 spiro atoms. The average molecular weight is 1160 g/mol. The number of halogens is 2. The number of anilines is 2. The van der Waals surface area contributed by atoms with Gasteiger partial charge in [-0.2, -0.15) is 0 Å². The molecular formula is C46H54F2N12O16P2S. The molecule has 79 heavy (non-hydrogen) atoms. The first kappa shape index (κ1) is 57.3. The molecule has 1 aromatic carbocycles. The van der Waals surface area contributed by atoms with Crippen molar-refractivity contribution in [3.8, 4) is 0 Å². The van der Waals surface area contributed by atoms with Gasteiger partial charge in [0.15, 0.2) is 41.6 Å². The SMILES string of the molecule is CC(C)[C@H](NC(=O)CCCCCN1C(=O)C=CC1=O)C(=O)N[C@@H](C)C(=O)Nc1ccc(CSP2(=O)OC[C@H]3O[C@@H](n4cc(F)c5c(=O)[nH]cnc54)[C@H](OP(=O)(O)OCC4O[C@@H](n5cnc6c(N)ncnc65)[C@H](F)[C@@H]4O2)[C@@H]3O)cc1. The van der Waals surface area contributed by atoms with E-state index in [1.807, 2.05) is 0 Å². The fourth-order valence-corrected chi connectivity index (χ4v) is 13.4. The van der Waals surface area contributed by atoms with Gasteiger partial charge in [0.05, 0.1) is 25.9 Å². The van der Waals surface area contributed by atoms with Gasteiger partial charge in [-0.05, 0) is 54.8 Å². The van der Waals surface area contributed by atoms with Crippen LogP contribution in [0.2, 0.25) is 0 Å². The first-order valence-electron chi connectivity index (χ1n) is 24.7. The van der Waals surface area contributed by atoms with Crippen LogP contribution in [0.25, 0.3) is 22.2 Å². The number of benzene rings is 1. The van der Waals surface area contributed by atoms with Gasteiger partial charge in [0.1, 0.15) is 59.8 Å². The number of aromatic amines is 1. The molecule has 12 atom stereocenters. The summed E-state index contributed by atoms with van der Waals surface area (Å²) in [7, 11) is -5.32. The predicted octanol–water partition coefficient (Wildman–Crippen LogP) is 2.81. The number of aromatic nitrogens is 7. The summed E-state index contributed by atoms with van der Waals surface area (Å²) in [4.78, 5) is 106. The number of imide groups is 1. The molecule has 4 aliphatic rings. The minimum Gasteiger partial charge on any atom is -0.387 e. The van der Waals surface area contributed by atoms with E-state index in [0.717, 1.165) is 39.2 Å². The summed E-state index contributed by atoms with van der Waals surface area (Å²) in [5.74, 6) is -3.97. The third-order valence-electron chi connectivity index (χ3n) is 13.2. The number of alkyl halides is 1. The van der Waals surface area contributed by atoms with Crippen LogP contribution < -0.4 is 27.2 Å². The van der Waals surface area contributed by atoms with Crippen molar-refractivity contribution in [3.63, 3.8) is 0 Å². The molecule has 8 heterocycles. The summed E-state index contributed by atoms with van der Waals surface area (Å²) in [6, 6.07) is 4.09. The van der Waals surface area contributed by atoms with Crippen molar-refractivity contribution in [1.82, 2.24) is 49.6 Å². The molecule has 4 aromatic heterocycles. The minimum absolute atomic E-state index is 0.0342. The third-order valence-corrected chi connectivity index (χ3v) is 17.8. The zero-order valence-electron chi connectivity index (χ0n) is 42.2. The highest BCUT2D eigenvalue weighted by Crippen LogP contribution is 2.65. The molecule has 3 fully saturated rings. The minimum atomic E-state index is -5.32. The molecule has 5 aromatic rings. The number of carbonyl (C=O) groups is 5. The van der Waals surface area contributed by atoms with Gasteiger partial charge in [0, 0.05) is 42.8 Å². The van der Waals surface area contributed by atoms with Crippen molar-refractivity contribution in [2.45, 2.75) is 113 Å². The van der Waals surface area contributed by atoms with Crippen molar-refractivity contribution in [3.05, 3.63) is 83.3 Å². The quantitative estimate of drug-likeness (QED) is 0.0400. The number of imidazole rings is 1. The number of nitrogens with one attached hydrogen (secondary N) is 4. The molecule has 424 valence electrons. The van der Waals surface area contributed by atoms with E-state index < -0.39 is 118 Å². The molecule has 2 bridgehead atoms. The van der Waals surface area contributed by atoms with Gasteiger partial charge in [0.25, 0.3) is 17.4 Å². The van der Waals surface area contributed by atoms with Gasteiger partial charge in [-0.15, -0.1) is 0 Å². The van der Waals surface area contributed by atoms with E-state index >= 15 is 13.3 Å². The Balaban J connectivity index is 0.871. The lowest BCUT2D eigenvalue weighted by Crippen LogP contribution is -2.53. The maximum Gasteiger partial charge on any atom is 0.472 e. The summed E-state index contributed by atoms with van der Waals surface area (Å²) in [6.45, 7) is -1.34. The number of aliphatic hydroxyl groups excluding tert-OH is 1. The maximum absolute atomic E-state index is 17.0. The Bertz CT molecular complexity index is 3310. The van der Waals surface area contributed by atoms with Crippen LogP contribution in [0.3, 0.4) is 0 Å². The Labute approximate surface area is 450 Å². The molecule has 28 nitrogen and oxygen atoms in total. The summed E-state index contributed by atoms with van der Waals surface area (Å²) < 4.78 is 97.8. The number of ether oxygens (including phenoxy) is 2. The highest BCUT2D eigenvalue weighted by molar-refractivity contribution is 8.54. The van der Waals surface area contributed by atoms with Gasteiger partial charge in [-0.25, -0.2) is 37.8 Å². The number of hydrogen-bond donors (Lipinski definition) is 7. The topological polar surface area (TPSA) is 375 Å². The number of nitrogen functional groups attached to an aromatic ring is 1. The average Bonchev–Trinajstić information content (AvgIpc) is 4.41. The number of carbonyl (C=O) groups excluding carboxylic acids is 5. The summed E-state index contributed by atoms with van der Waals surface area (Å²) in [6.07, 6.45) is -6.37. The molecule has 0 saturated carbocycles. The second-order valence-electron chi connectivity index (χ2n) is 19.1. The van der Waals surface area contributed by atoms with Crippen molar-refractivity contribution in [1.29, 1.82) is 0 Å². The van der Waals surface area contributed by atoms with Crippen LogP contribution in [0.4, 0.5) is 20.3 Å². The number of H-pyrrole nitrogens is 1. The zero-order valence-corrected chi connectivity index (χ0v) is 44.8. The number of rotatable bonds is 17. The van der Waals surface area contributed by atoms with Gasteiger partial charge >= 0.3 is 14.6 Å². The highest BCUT2D eigenvalue weighted by Gasteiger charge is 2.55. The summed E-state index contributed by atoms with van der Waals surface area (Å²) in [5.41, 5.74) is 5.68. The molecule has 0 radical (unpaired) electrons. The number of phosphoric ester groups is 1. The summed E-state index contributed by atoms with van der Waals surface area (Å²) >= 11 is 0.571. The van der Waals surface area contributed by atoms with Crippen molar-refractivity contribution in [2.24, 2.45) is 5.92 Å². The Morgan fingerprint density at radius 3 is 2.34 bits per heavy atom. The lowest BCUT2D eigenvalue weighted by molar-refractivity contribution is -0.137. The normalized spacial score (nSPS) is 28.1. The van der Waals surface area contributed by atoms with Gasteiger partial charge < -0.3 is 50.7 Å².